The van der Waals surface area contributed by atoms with Crippen molar-refractivity contribution >= 4 is 87.5 Å². The molecule has 0 aliphatic rings. The summed E-state index contributed by atoms with van der Waals surface area (Å²) in [6.45, 7) is 0. The number of benzene rings is 8. The summed E-state index contributed by atoms with van der Waals surface area (Å²) in [5.74, 6) is 1.62. The molecule has 8 aromatic carbocycles. The molecule has 270 valence electrons. The van der Waals surface area contributed by atoms with Gasteiger partial charge in [-0.25, -0.2) is 4.98 Å². The number of fused-ring (bicyclic) bond motifs is 13. The van der Waals surface area contributed by atoms with Crippen LogP contribution in [0.15, 0.2) is 185 Å². The van der Waals surface area contributed by atoms with Crippen LogP contribution in [0.5, 0.6) is 0 Å². The molecular weight excluding hydrogens is 715 g/mol. The molecule has 5 heterocycles. The van der Waals surface area contributed by atoms with E-state index in [0.717, 1.165) is 98.9 Å². The lowest BCUT2D eigenvalue weighted by molar-refractivity contribution is 0.669. The van der Waals surface area contributed by atoms with E-state index in [0.29, 0.717) is 17.6 Å². The monoisotopic (exact) mass is 743 g/mol. The molecule has 0 aliphatic heterocycles. The summed E-state index contributed by atoms with van der Waals surface area (Å²) in [7, 11) is 0. The van der Waals surface area contributed by atoms with Gasteiger partial charge >= 0.3 is 0 Å². The van der Waals surface area contributed by atoms with E-state index in [1.807, 2.05) is 48.5 Å². The summed E-state index contributed by atoms with van der Waals surface area (Å²) in [5.41, 5.74) is 10.2. The Balaban J connectivity index is 1.13. The van der Waals surface area contributed by atoms with Crippen LogP contribution >= 0.6 is 0 Å². The van der Waals surface area contributed by atoms with Crippen LogP contribution in [0.2, 0.25) is 0 Å². The van der Waals surface area contributed by atoms with Crippen LogP contribution in [-0.2, 0) is 0 Å². The van der Waals surface area contributed by atoms with E-state index in [1.165, 1.54) is 5.39 Å². The molecule has 0 aliphatic carbocycles. The summed E-state index contributed by atoms with van der Waals surface area (Å²) in [5, 5.41) is 8.65. The van der Waals surface area contributed by atoms with Crippen LogP contribution in [0.1, 0.15) is 0 Å². The van der Waals surface area contributed by atoms with Gasteiger partial charge in [-0.2, -0.15) is 9.97 Å². The van der Waals surface area contributed by atoms with Gasteiger partial charge < -0.3 is 13.4 Å². The highest BCUT2D eigenvalue weighted by Gasteiger charge is 2.23. The Morgan fingerprint density at radius 2 is 0.879 bits per heavy atom. The van der Waals surface area contributed by atoms with Crippen molar-refractivity contribution in [1.29, 1.82) is 0 Å². The van der Waals surface area contributed by atoms with E-state index in [2.05, 4.69) is 137 Å². The number of hydrogen-bond acceptors (Lipinski definition) is 5. The maximum atomic E-state index is 6.69. The minimum absolute atomic E-state index is 0.500. The highest BCUT2D eigenvalue weighted by atomic mass is 16.3. The molecule has 0 fully saturated rings. The number of furan rings is 2. The van der Waals surface area contributed by atoms with E-state index in [1.54, 1.807) is 0 Å². The van der Waals surface area contributed by atoms with Gasteiger partial charge in [-0.1, -0.05) is 109 Å². The van der Waals surface area contributed by atoms with Crippen LogP contribution in [0, 0.1) is 0 Å². The second kappa shape index (κ2) is 11.7. The van der Waals surface area contributed by atoms with E-state index in [9.17, 15) is 0 Å². The molecule has 0 radical (unpaired) electrons. The molecule has 0 amide bonds. The van der Waals surface area contributed by atoms with Gasteiger partial charge in [0.15, 0.2) is 17.2 Å². The van der Waals surface area contributed by atoms with Crippen molar-refractivity contribution in [2.45, 2.75) is 0 Å². The molecular formula is C51H29N5O2. The zero-order valence-electron chi connectivity index (χ0n) is 30.8. The summed E-state index contributed by atoms with van der Waals surface area (Å²) < 4.78 is 17.4. The van der Waals surface area contributed by atoms with Crippen LogP contribution in [0.3, 0.4) is 0 Å². The van der Waals surface area contributed by atoms with Crippen LogP contribution in [-0.4, -0.2) is 24.1 Å². The van der Waals surface area contributed by atoms with Crippen molar-refractivity contribution in [3.63, 3.8) is 0 Å². The van der Waals surface area contributed by atoms with E-state index < -0.39 is 0 Å². The fraction of sp³-hybridized carbons (Fsp3) is 0. The number of para-hydroxylation sites is 5. The third-order valence-corrected chi connectivity index (χ3v) is 11.6. The standard InChI is InChI=1S/C51H29N5O2/c1-2-12-32(13-3-1)55-41-18-8-4-14-33(41)35-24-22-31(29-43(35)55)50-52-49(30-23-27-46-40(28-30)37-17-7-10-20-44(37)57-46)53-51(54-50)56-42-19-9-5-15-34(42)38-25-26-39-36-16-6-11-21-45(36)58-48(39)47(38)56/h1-29H. The molecule has 58 heavy (non-hydrogen) atoms. The summed E-state index contributed by atoms with van der Waals surface area (Å²) in [6.07, 6.45) is 0. The maximum absolute atomic E-state index is 6.69. The third kappa shape index (κ3) is 4.41. The predicted molar refractivity (Wildman–Crippen MR) is 234 cm³/mol. The molecule has 0 spiro atoms. The molecule has 0 saturated heterocycles. The Morgan fingerprint density at radius 3 is 1.66 bits per heavy atom. The van der Waals surface area contributed by atoms with Crippen molar-refractivity contribution in [2.75, 3.05) is 0 Å². The number of rotatable bonds is 4. The molecule has 0 saturated carbocycles. The van der Waals surface area contributed by atoms with Gasteiger partial charge in [0.25, 0.3) is 0 Å². The molecule has 5 aromatic heterocycles. The Hall–Kier alpha value is -8.03. The predicted octanol–water partition coefficient (Wildman–Crippen LogP) is 13.2. The minimum atomic E-state index is 0.500. The van der Waals surface area contributed by atoms with Crippen molar-refractivity contribution < 1.29 is 8.83 Å². The van der Waals surface area contributed by atoms with Gasteiger partial charge in [0.2, 0.25) is 5.95 Å². The summed E-state index contributed by atoms with van der Waals surface area (Å²) in [4.78, 5) is 16.0. The summed E-state index contributed by atoms with van der Waals surface area (Å²) >= 11 is 0. The van der Waals surface area contributed by atoms with E-state index >= 15 is 0 Å². The van der Waals surface area contributed by atoms with Crippen LogP contribution in [0.25, 0.3) is 122 Å². The second-order valence-corrected chi connectivity index (χ2v) is 14.8. The molecule has 13 aromatic rings. The largest absolute Gasteiger partial charge is 0.456 e. The van der Waals surface area contributed by atoms with E-state index in [4.69, 9.17) is 23.8 Å². The van der Waals surface area contributed by atoms with Crippen molar-refractivity contribution in [1.82, 2.24) is 24.1 Å². The molecule has 0 N–H and O–H groups in total. The molecule has 0 bridgehead atoms. The average Bonchev–Trinajstić information content (AvgIpc) is 4.04. The molecule has 0 unspecified atom stereocenters. The topological polar surface area (TPSA) is 74.8 Å². The molecule has 13 rings (SSSR count). The van der Waals surface area contributed by atoms with Gasteiger partial charge in [-0.15, -0.1) is 0 Å². The van der Waals surface area contributed by atoms with Crippen molar-refractivity contribution in [3.8, 4) is 34.4 Å². The van der Waals surface area contributed by atoms with Gasteiger partial charge in [0.05, 0.1) is 16.6 Å². The first-order chi connectivity index (χ1) is 28.7. The normalized spacial score (nSPS) is 12.1. The lowest BCUT2D eigenvalue weighted by Crippen LogP contribution is -2.06. The highest BCUT2D eigenvalue weighted by molar-refractivity contribution is 6.21. The first-order valence-electron chi connectivity index (χ1n) is 19.4. The number of nitrogens with zero attached hydrogens (tertiary/aromatic N) is 5. The second-order valence-electron chi connectivity index (χ2n) is 14.8. The smallest absolute Gasteiger partial charge is 0.238 e. The first-order valence-corrected chi connectivity index (χ1v) is 19.4. The molecule has 7 heteroatoms. The Labute approximate surface area is 329 Å². The fourth-order valence-corrected chi connectivity index (χ4v) is 8.99. The van der Waals surface area contributed by atoms with E-state index in [-0.39, 0.29) is 0 Å². The Bertz CT molecular complexity index is 3810. The molecule has 7 nitrogen and oxygen atoms in total. The quantitative estimate of drug-likeness (QED) is 0.179. The van der Waals surface area contributed by atoms with Crippen LogP contribution in [0.4, 0.5) is 0 Å². The van der Waals surface area contributed by atoms with Gasteiger partial charge in [0, 0.05) is 59.9 Å². The first kappa shape index (κ1) is 31.2. The zero-order valence-corrected chi connectivity index (χ0v) is 30.8. The molecule has 0 atom stereocenters. The fourth-order valence-electron chi connectivity index (χ4n) is 8.99. The highest BCUT2D eigenvalue weighted by Crippen LogP contribution is 2.41. The lowest BCUT2D eigenvalue weighted by atomic mass is 10.1. The number of hydrogen-bond donors (Lipinski definition) is 0. The van der Waals surface area contributed by atoms with Crippen molar-refractivity contribution in [2.24, 2.45) is 0 Å². The van der Waals surface area contributed by atoms with Crippen molar-refractivity contribution in [3.05, 3.63) is 176 Å². The lowest BCUT2D eigenvalue weighted by Gasteiger charge is -2.12. The maximum Gasteiger partial charge on any atom is 0.238 e. The average molecular weight is 744 g/mol. The number of aromatic nitrogens is 5. The minimum Gasteiger partial charge on any atom is -0.456 e. The van der Waals surface area contributed by atoms with Gasteiger partial charge in [-0.05, 0) is 66.7 Å². The Kier molecular flexibility index (Phi) is 6.32. The van der Waals surface area contributed by atoms with Gasteiger partial charge in [-0.3, -0.25) is 4.57 Å². The van der Waals surface area contributed by atoms with Gasteiger partial charge in [0.1, 0.15) is 22.3 Å². The summed E-state index contributed by atoms with van der Waals surface area (Å²) in [6, 6.07) is 60.8. The third-order valence-electron chi connectivity index (χ3n) is 11.6. The zero-order chi connectivity index (χ0) is 37.9. The SMILES string of the molecule is c1ccc(-n2c3ccccc3c3ccc(-c4nc(-c5ccc6oc7ccccc7c6c5)nc(-n5c6ccccc6c6ccc7c8ccccc8oc7c65)n4)cc32)cc1. The van der Waals surface area contributed by atoms with Crippen LogP contribution < -0.4 is 0 Å². The Morgan fingerprint density at radius 1 is 0.345 bits per heavy atom.